The Morgan fingerprint density at radius 2 is 2.00 bits per heavy atom. The largest absolute Gasteiger partial charge is 0.484 e. The number of hydrogen-bond donors (Lipinski definition) is 0. The maximum absolute atomic E-state index is 12.8. The molecule has 0 aliphatic carbocycles. The zero-order chi connectivity index (χ0) is 14.8. The molecule has 1 aliphatic heterocycles. The highest BCUT2D eigenvalue weighted by Gasteiger charge is 2.24. The third-order valence-electron chi connectivity index (χ3n) is 3.41. The average Bonchev–Trinajstić information content (AvgIpc) is 2.89. The molecule has 3 nitrogen and oxygen atoms in total. The molecule has 5 heteroatoms. The Morgan fingerprint density at radius 3 is 2.76 bits per heavy atom. The van der Waals surface area contributed by atoms with Crippen molar-refractivity contribution in [3.05, 3.63) is 58.9 Å². The highest BCUT2D eigenvalue weighted by molar-refractivity contribution is 6.30. The SMILES string of the molecule is O=C(COc1ccc(F)cc1)N1CCc2cc(Cl)ccc21. The second-order valence-corrected chi connectivity index (χ2v) is 5.25. The van der Waals surface area contributed by atoms with E-state index >= 15 is 0 Å². The van der Waals surface area contributed by atoms with Crippen LogP contribution < -0.4 is 9.64 Å². The Hall–Kier alpha value is -2.07. The van der Waals surface area contributed by atoms with Crippen LogP contribution >= 0.6 is 11.6 Å². The second-order valence-electron chi connectivity index (χ2n) is 4.81. The van der Waals surface area contributed by atoms with Crippen molar-refractivity contribution < 1.29 is 13.9 Å². The van der Waals surface area contributed by atoms with E-state index in [1.54, 1.807) is 11.0 Å². The number of halogens is 2. The molecule has 2 aromatic rings. The molecule has 0 spiro atoms. The molecular weight excluding hydrogens is 293 g/mol. The van der Waals surface area contributed by atoms with Gasteiger partial charge in [-0.15, -0.1) is 0 Å². The smallest absolute Gasteiger partial charge is 0.264 e. The van der Waals surface area contributed by atoms with Gasteiger partial charge in [0.1, 0.15) is 11.6 Å². The maximum Gasteiger partial charge on any atom is 0.264 e. The molecule has 0 saturated carbocycles. The highest BCUT2D eigenvalue weighted by atomic mass is 35.5. The second kappa shape index (κ2) is 5.74. The predicted molar refractivity (Wildman–Crippen MR) is 79.4 cm³/mol. The number of hydrogen-bond acceptors (Lipinski definition) is 2. The minimum atomic E-state index is -0.334. The average molecular weight is 306 g/mol. The van der Waals surface area contributed by atoms with E-state index in [-0.39, 0.29) is 18.3 Å². The molecule has 3 rings (SSSR count). The van der Waals surface area contributed by atoms with Crippen LogP contribution in [0.1, 0.15) is 5.56 Å². The molecule has 1 heterocycles. The van der Waals surface area contributed by atoms with E-state index in [1.807, 2.05) is 12.1 Å². The fraction of sp³-hybridized carbons (Fsp3) is 0.188. The highest BCUT2D eigenvalue weighted by Crippen LogP contribution is 2.30. The summed E-state index contributed by atoms with van der Waals surface area (Å²) < 4.78 is 18.2. The fourth-order valence-corrected chi connectivity index (χ4v) is 2.58. The number of fused-ring (bicyclic) bond motifs is 1. The minimum Gasteiger partial charge on any atom is -0.484 e. The molecule has 0 N–H and O–H groups in total. The molecule has 2 aromatic carbocycles. The van der Waals surface area contributed by atoms with E-state index in [1.165, 1.54) is 24.3 Å². The van der Waals surface area contributed by atoms with Crippen LogP contribution in [0, 0.1) is 5.82 Å². The number of nitrogens with zero attached hydrogens (tertiary/aromatic N) is 1. The van der Waals surface area contributed by atoms with Crippen molar-refractivity contribution >= 4 is 23.2 Å². The van der Waals surface area contributed by atoms with E-state index in [9.17, 15) is 9.18 Å². The van der Waals surface area contributed by atoms with Gasteiger partial charge >= 0.3 is 0 Å². The fourth-order valence-electron chi connectivity index (χ4n) is 2.38. The monoisotopic (exact) mass is 305 g/mol. The predicted octanol–water partition coefficient (Wildman–Crippen LogP) is 3.45. The van der Waals surface area contributed by atoms with Crippen LogP contribution in [-0.2, 0) is 11.2 Å². The van der Waals surface area contributed by atoms with Crippen LogP contribution in [0.5, 0.6) is 5.75 Å². The van der Waals surface area contributed by atoms with Gasteiger partial charge in [0, 0.05) is 17.3 Å². The lowest BCUT2D eigenvalue weighted by Crippen LogP contribution is -2.33. The van der Waals surface area contributed by atoms with Crippen molar-refractivity contribution in [1.29, 1.82) is 0 Å². The molecule has 21 heavy (non-hydrogen) atoms. The Kier molecular flexibility index (Phi) is 3.80. The van der Waals surface area contributed by atoms with Crippen molar-refractivity contribution in [2.45, 2.75) is 6.42 Å². The molecule has 0 bridgehead atoms. The van der Waals surface area contributed by atoms with Crippen molar-refractivity contribution in [2.75, 3.05) is 18.1 Å². The van der Waals surface area contributed by atoms with E-state index in [0.29, 0.717) is 17.3 Å². The number of carbonyl (C=O) groups is 1. The first-order valence-electron chi connectivity index (χ1n) is 6.60. The number of carbonyl (C=O) groups excluding carboxylic acids is 1. The maximum atomic E-state index is 12.8. The van der Waals surface area contributed by atoms with Crippen LogP contribution in [-0.4, -0.2) is 19.1 Å². The normalized spacial score (nSPS) is 13.1. The first-order valence-corrected chi connectivity index (χ1v) is 6.98. The Labute approximate surface area is 126 Å². The summed E-state index contributed by atoms with van der Waals surface area (Å²) in [6.45, 7) is 0.551. The molecule has 0 atom stereocenters. The first-order chi connectivity index (χ1) is 10.1. The summed E-state index contributed by atoms with van der Waals surface area (Å²) in [7, 11) is 0. The van der Waals surface area contributed by atoms with Crippen molar-refractivity contribution in [1.82, 2.24) is 0 Å². The summed E-state index contributed by atoms with van der Waals surface area (Å²) in [5, 5.41) is 0.672. The number of ether oxygens (including phenoxy) is 1. The van der Waals surface area contributed by atoms with Crippen LogP contribution in [0.2, 0.25) is 5.02 Å². The molecule has 1 aliphatic rings. The van der Waals surface area contributed by atoms with Crippen molar-refractivity contribution in [3.8, 4) is 5.75 Å². The molecule has 1 amide bonds. The molecule has 0 saturated heterocycles. The molecule has 108 valence electrons. The Bertz CT molecular complexity index is 672. The van der Waals surface area contributed by atoms with Crippen LogP contribution in [0.25, 0.3) is 0 Å². The van der Waals surface area contributed by atoms with Gasteiger partial charge in [0.2, 0.25) is 0 Å². The van der Waals surface area contributed by atoms with Gasteiger partial charge in [0.05, 0.1) is 0 Å². The van der Waals surface area contributed by atoms with Gasteiger partial charge in [-0.2, -0.15) is 0 Å². The van der Waals surface area contributed by atoms with Gasteiger partial charge in [0.15, 0.2) is 6.61 Å². The summed E-state index contributed by atoms with van der Waals surface area (Å²) in [6.07, 6.45) is 0.790. The van der Waals surface area contributed by atoms with Gasteiger partial charge in [-0.1, -0.05) is 11.6 Å². The summed E-state index contributed by atoms with van der Waals surface area (Å²) in [5.74, 6) is 0.0136. The number of benzene rings is 2. The van der Waals surface area contributed by atoms with E-state index in [4.69, 9.17) is 16.3 Å². The Balaban J connectivity index is 1.66. The van der Waals surface area contributed by atoms with E-state index in [0.717, 1.165) is 17.7 Å². The number of amides is 1. The molecule has 0 unspecified atom stereocenters. The topological polar surface area (TPSA) is 29.5 Å². The summed E-state index contributed by atoms with van der Waals surface area (Å²) in [4.78, 5) is 13.9. The number of rotatable bonds is 3. The molecular formula is C16H13ClFNO2. The molecule has 0 aromatic heterocycles. The lowest BCUT2D eigenvalue weighted by molar-refractivity contribution is -0.120. The van der Waals surface area contributed by atoms with Gasteiger partial charge in [0.25, 0.3) is 5.91 Å². The third kappa shape index (κ3) is 3.00. The van der Waals surface area contributed by atoms with Crippen molar-refractivity contribution in [3.63, 3.8) is 0 Å². The first kappa shape index (κ1) is 13.9. The lowest BCUT2D eigenvalue weighted by atomic mass is 10.2. The lowest BCUT2D eigenvalue weighted by Gasteiger charge is -2.17. The van der Waals surface area contributed by atoms with Crippen LogP contribution in [0.3, 0.4) is 0 Å². The zero-order valence-corrected chi connectivity index (χ0v) is 11.9. The summed E-state index contributed by atoms with van der Waals surface area (Å²) in [5.41, 5.74) is 1.95. The molecule has 0 radical (unpaired) electrons. The quantitative estimate of drug-likeness (QED) is 0.869. The minimum absolute atomic E-state index is 0.0757. The zero-order valence-electron chi connectivity index (χ0n) is 11.2. The molecule has 0 fully saturated rings. The summed E-state index contributed by atoms with van der Waals surface area (Å²) >= 11 is 5.95. The van der Waals surface area contributed by atoms with Gasteiger partial charge in [-0.25, -0.2) is 4.39 Å². The van der Waals surface area contributed by atoms with E-state index < -0.39 is 0 Å². The van der Waals surface area contributed by atoms with Crippen LogP contribution in [0.4, 0.5) is 10.1 Å². The standard InChI is InChI=1S/C16H13ClFNO2/c17-12-1-6-15-11(9-12)7-8-19(15)16(20)10-21-14-4-2-13(18)3-5-14/h1-6,9H,7-8,10H2. The summed E-state index contributed by atoms with van der Waals surface area (Å²) in [6, 6.07) is 11.1. The van der Waals surface area contributed by atoms with E-state index in [2.05, 4.69) is 0 Å². The number of anilines is 1. The van der Waals surface area contributed by atoms with Crippen LogP contribution in [0.15, 0.2) is 42.5 Å². The van der Waals surface area contributed by atoms with Gasteiger partial charge < -0.3 is 9.64 Å². The van der Waals surface area contributed by atoms with Crippen molar-refractivity contribution in [2.24, 2.45) is 0 Å². The third-order valence-corrected chi connectivity index (χ3v) is 3.65. The van der Waals surface area contributed by atoms with Gasteiger partial charge in [-0.05, 0) is 54.4 Å². The Morgan fingerprint density at radius 1 is 1.24 bits per heavy atom. The van der Waals surface area contributed by atoms with Gasteiger partial charge in [-0.3, -0.25) is 4.79 Å².